The standard InChI is InChI=1S/C14H21N3O7S/c1-7(18)11-9-5-8(12(14(21)22)17(9)13(11)20)6-25(23,24)4-2-3-10(19)16-15/h7,9,11,18H,2-6,15H2,1H3,(H,16,19)(H,21,22). The number of nitrogens with zero attached hydrogens (tertiary/aromatic N) is 1. The van der Waals surface area contributed by atoms with Gasteiger partial charge in [0.25, 0.3) is 0 Å². The molecule has 0 aliphatic carbocycles. The molecule has 0 spiro atoms. The van der Waals surface area contributed by atoms with Gasteiger partial charge in [-0.3, -0.25) is 15.0 Å². The van der Waals surface area contributed by atoms with Crippen LogP contribution in [0, 0.1) is 5.92 Å². The van der Waals surface area contributed by atoms with E-state index in [1.165, 1.54) is 6.92 Å². The van der Waals surface area contributed by atoms with Crippen molar-refractivity contribution in [3.05, 3.63) is 11.3 Å². The number of nitrogens with one attached hydrogen (secondary N) is 1. The van der Waals surface area contributed by atoms with Gasteiger partial charge in [0.15, 0.2) is 9.84 Å². The number of hydrogen-bond donors (Lipinski definition) is 4. The lowest BCUT2D eigenvalue weighted by Crippen LogP contribution is -2.61. The van der Waals surface area contributed by atoms with Gasteiger partial charge in [-0.25, -0.2) is 19.1 Å². The van der Waals surface area contributed by atoms with Crippen LogP contribution in [0.3, 0.4) is 0 Å². The predicted octanol–water partition coefficient (Wildman–Crippen LogP) is -1.88. The zero-order valence-corrected chi connectivity index (χ0v) is 14.5. The van der Waals surface area contributed by atoms with Gasteiger partial charge in [0, 0.05) is 6.42 Å². The van der Waals surface area contributed by atoms with Gasteiger partial charge in [0.1, 0.15) is 5.70 Å². The maximum absolute atomic E-state index is 12.2. The average molecular weight is 375 g/mol. The van der Waals surface area contributed by atoms with Gasteiger partial charge >= 0.3 is 5.97 Å². The topological polar surface area (TPSA) is 167 Å². The molecule has 2 rings (SSSR count). The highest BCUT2D eigenvalue weighted by Gasteiger charge is 2.56. The Hall–Kier alpha value is -1.98. The van der Waals surface area contributed by atoms with Crippen molar-refractivity contribution in [3.8, 4) is 0 Å². The zero-order valence-electron chi connectivity index (χ0n) is 13.6. The summed E-state index contributed by atoms with van der Waals surface area (Å²) < 4.78 is 24.4. The minimum absolute atomic E-state index is 0.0576. The van der Waals surface area contributed by atoms with Gasteiger partial charge in [-0.15, -0.1) is 0 Å². The number of carboxylic acid groups (broad SMARTS) is 1. The molecule has 0 bridgehead atoms. The summed E-state index contributed by atoms with van der Waals surface area (Å²) in [4.78, 5) is 35.6. The number of carboxylic acids is 1. The number of aliphatic hydroxyl groups excluding tert-OH is 1. The van der Waals surface area contributed by atoms with E-state index in [9.17, 15) is 33.0 Å². The SMILES string of the molecule is CC(O)C1C(=O)N2C(C(=O)O)=C(CS(=O)(=O)CCCC(=O)NN)CC12. The summed E-state index contributed by atoms with van der Waals surface area (Å²) in [5.41, 5.74) is 1.74. The second kappa shape index (κ2) is 7.10. The summed E-state index contributed by atoms with van der Waals surface area (Å²) in [6.07, 6.45) is -0.832. The highest BCUT2D eigenvalue weighted by atomic mass is 32.2. The number of hydrogen-bond acceptors (Lipinski definition) is 7. The van der Waals surface area contributed by atoms with Gasteiger partial charge in [-0.1, -0.05) is 0 Å². The molecule has 5 N–H and O–H groups in total. The lowest BCUT2D eigenvalue weighted by molar-refractivity contribution is -0.161. The summed E-state index contributed by atoms with van der Waals surface area (Å²) in [6, 6.07) is -0.521. The number of aliphatic hydroxyl groups is 1. The quantitative estimate of drug-likeness (QED) is 0.165. The minimum Gasteiger partial charge on any atom is -0.477 e. The third kappa shape index (κ3) is 3.83. The summed E-state index contributed by atoms with van der Waals surface area (Å²) in [5.74, 6) is 1.04. The third-order valence-electron chi connectivity index (χ3n) is 4.44. The number of amides is 2. The molecule has 140 valence electrons. The Kier molecular flexibility index (Phi) is 5.49. The first-order valence-corrected chi connectivity index (χ1v) is 9.57. The summed E-state index contributed by atoms with van der Waals surface area (Å²) in [5, 5.41) is 19.0. The van der Waals surface area contributed by atoms with Crippen LogP contribution >= 0.6 is 0 Å². The maximum atomic E-state index is 12.2. The van der Waals surface area contributed by atoms with Crippen LogP contribution in [-0.2, 0) is 24.2 Å². The largest absolute Gasteiger partial charge is 0.477 e. The number of aliphatic carboxylic acids is 1. The molecule has 1 saturated heterocycles. The molecule has 2 heterocycles. The third-order valence-corrected chi connectivity index (χ3v) is 6.14. The molecule has 2 amide bonds. The second-order valence-electron chi connectivity index (χ2n) is 6.27. The Morgan fingerprint density at radius 2 is 2.08 bits per heavy atom. The lowest BCUT2D eigenvalue weighted by atomic mass is 9.83. The number of carbonyl (C=O) groups excluding carboxylic acids is 2. The van der Waals surface area contributed by atoms with Crippen molar-refractivity contribution < 1.29 is 33.0 Å². The molecule has 11 heteroatoms. The fourth-order valence-electron chi connectivity index (χ4n) is 3.35. The molecule has 2 aliphatic heterocycles. The van der Waals surface area contributed by atoms with Gasteiger partial charge < -0.3 is 15.1 Å². The Morgan fingerprint density at radius 3 is 2.60 bits per heavy atom. The number of fused-ring (bicyclic) bond motifs is 1. The fraction of sp³-hybridized carbons (Fsp3) is 0.643. The lowest BCUT2D eigenvalue weighted by Gasteiger charge is -2.44. The van der Waals surface area contributed by atoms with Crippen LogP contribution in [0.2, 0.25) is 0 Å². The fourth-order valence-corrected chi connectivity index (χ4v) is 4.87. The summed E-state index contributed by atoms with van der Waals surface area (Å²) in [7, 11) is -3.65. The van der Waals surface area contributed by atoms with E-state index in [1.807, 2.05) is 5.43 Å². The molecule has 0 radical (unpaired) electrons. The number of β-lactam (4-membered cyclic amide) rings is 1. The Balaban J connectivity index is 2.11. The molecule has 25 heavy (non-hydrogen) atoms. The van der Waals surface area contributed by atoms with Gasteiger partial charge in [0.2, 0.25) is 11.8 Å². The van der Waals surface area contributed by atoms with Gasteiger partial charge in [-0.05, 0) is 25.3 Å². The second-order valence-corrected chi connectivity index (χ2v) is 8.45. The molecular formula is C14H21N3O7S. The highest BCUT2D eigenvalue weighted by Crippen LogP contribution is 2.43. The van der Waals surface area contributed by atoms with E-state index < -0.39 is 51.4 Å². The molecule has 0 aromatic rings. The van der Waals surface area contributed by atoms with Gasteiger partial charge in [-0.2, -0.15) is 0 Å². The first-order chi connectivity index (χ1) is 11.6. The van der Waals surface area contributed by atoms with E-state index >= 15 is 0 Å². The van der Waals surface area contributed by atoms with Crippen molar-refractivity contribution in [3.63, 3.8) is 0 Å². The monoisotopic (exact) mass is 375 g/mol. The average Bonchev–Trinajstić information content (AvgIpc) is 2.80. The van der Waals surface area contributed by atoms with Crippen molar-refractivity contribution >= 4 is 27.6 Å². The van der Waals surface area contributed by atoms with Crippen LogP contribution in [0.25, 0.3) is 0 Å². The van der Waals surface area contributed by atoms with E-state index in [4.69, 9.17) is 5.84 Å². The smallest absolute Gasteiger partial charge is 0.352 e. The van der Waals surface area contributed by atoms with E-state index in [1.54, 1.807) is 0 Å². The maximum Gasteiger partial charge on any atom is 0.352 e. The summed E-state index contributed by atoms with van der Waals surface area (Å²) >= 11 is 0. The van der Waals surface area contributed by atoms with Crippen LogP contribution in [0.4, 0.5) is 0 Å². The van der Waals surface area contributed by atoms with Crippen LogP contribution in [-0.4, -0.2) is 65.0 Å². The number of rotatable bonds is 8. The number of hydrazine groups is 1. The molecular weight excluding hydrogens is 354 g/mol. The number of nitrogens with two attached hydrogens (primary N) is 1. The number of carbonyl (C=O) groups is 3. The highest BCUT2D eigenvalue weighted by molar-refractivity contribution is 7.91. The van der Waals surface area contributed by atoms with Crippen molar-refractivity contribution in [2.24, 2.45) is 11.8 Å². The van der Waals surface area contributed by atoms with Gasteiger partial charge in [0.05, 0.1) is 29.6 Å². The normalized spacial score (nSPS) is 24.0. The molecule has 1 fully saturated rings. The number of sulfone groups is 1. The van der Waals surface area contributed by atoms with Crippen LogP contribution < -0.4 is 11.3 Å². The van der Waals surface area contributed by atoms with E-state index in [0.717, 1.165) is 4.90 Å². The first-order valence-electron chi connectivity index (χ1n) is 7.75. The molecule has 0 saturated carbocycles. The Morgan fingerprint density at radius 1 is 1.44 bits per heavy atom. The van der Waals surface area contributed by atoms with Crippen molar-refractivity contribution in [2.75, 3.05) is 11.5 Å². The van der Waals surface area contributed by atoms with E-state index in [0.29, 0.717) is 0 Å². The van der Waals surface area contributed by atoms with E-state index in [2.05, 4.69) is 0 Å². The first kappa shape index (κ1) is 19.3. The molecule has 10 nitrogen and oxygen atoms in total. The Labute approximate surface area is 144 Å². The van der Waals surface area contributed by atoms with E-state index in [-0.39, 0.29) is 36.3 Å². The predicted molar refractivity (Wildman–Crippen MR) is 85.3 cm³/mol. The molecule has 3 atom stereocenters. The van der Waals surface area contributed by atoms with Crippen molar-refractivity contribution in [1.29, 1.82) is 0 Å². The van der Waals surface area contributed by atoms with Crippen molar-refractivity contribution in [1.82, 2.24) is 10.3 Å². The summed E-state index contributed by atoms with van der Waals surface area (Å²) in [6.45, 7) is 1.44. The van der Waals surface area contributed by atoms with Crippen molar-refractivity contribution in [2.45, 2.75) is 38.3 Å². The van der Waals surface area contributed by atoms with Crippen LogP contribution in [0.5, 0.6) is 0 Å². The van der Waals surface area contributed by atoms with Crippen LogP contribution in [0.15, 0.2) is 11.3 Å². The van der Waals surface area contributed by atoms with Crippen LogP contribution in [0.1, 0.15) is 26.2 Å². The Bertz CT molecular complexity index is 729. The minimum atomic E-state index is -3.65. The molecule has 2 aliphatic rings. The molecule has 3 unspecified atom stereocenters. The molecule has 0 aromatic heterocycles. The zero-order chi connectivity index (χ0) is 18.9. The molecule has 0 aromatic carbocycles.